The molecule has 2 heterocycles. The fourth-order valence-electron chi connectivity index (χ4n) is 2.67. The number of anilines is 1. The van der Waals surface area contributed by atoms with E-state index >= 15 is 0 Å². The topological polar surface area (TPSA) is 47.0 Å². The average molecular weight is 318 g/mol. The summed E-state index contributed by atoms with van der Waals surface area (Å²) in [6.45, 7) is 5.80. The molecule has 4 nitrogen and oxygen atoms in total. The molecule has 1 N–H and O–H groups in total. The van der Waals surface area contributed by atoms with Crippen molar-refractivity contribution in [1.82, 2.24) is 10.2 Å². The van der Waals surface area contributed by atoms with Gasteiger partial charge in [-0.25, -0.2) is 0 Å². The zero-order valence-electron chi connectivity index (χ0n) is 12.9. The molecule has 1 aliphatic rings. The van der Waals surface area contributed by atoms with Crippen LogP contribution in [0.1, 0.15) is 24.0 Å². The minimum atomic E-state index is 0.289. The number of benzene rings is 1. The molecule has 1 unspecified atom stereocenters. The average Bonchev–Trinajstić information content (AvgIpc) is 3.03. The van der Waals surface area contributed by atoms with Crippen LogP contribution in [0.5, 0.6) is 0 Å². The Bertz CT molecular complexity index is 652. The molecular formula is C17H20ClN3O. The Morgan fingerprint density at radius 2 is 1.95 bits per heavy atom. The Labute approximate surface area is 135 Å². The molecule has 1 aliphatic heterocycles. The van der Waals surface area contributed by atoms with Crippen molar-refractivity contribution in [3.63, 3.8) is 0 Å². The summed E-state index contributed by atoms with van der Waals surface area (Å²) in [5.74, 6) is 0.839. The maximum absolute atomic E-state index is 5.94. The second-order valence-electron chi connectivity index (χ2n) is 5.67. The van der Waals surface area contributed by atoms with E-state index < -0.39 is 0 Å². The molecular weight excluding hydrogens is 298 g/mol. The summed E-state index contributed by atoms with van der Waals surface area (Å²) in [4.78, 5) is 0. The van der Waals surface area contributed by atoms with Gasteiger partial charge in [0, 0.05) is 23.7 Å². The summed E-state index contributed by atoms with van der Waals surface area (Å²) >= 11 is 5.94. The third-order valence-electron chi connectivity index (χ3n) is 4.16. The van der Waals surface area contributed by atoms with Crippen molar-refractivity contribution < 1.29 is 4.74 Å². The van der Waals surface area contributed by atoms with Crippen LogP contribution in [0.15, 0.2) is 24.3 Å². The van der Waals surface area contributed by atoms with Crippen LogP contribution >= 0.6 is 11.6 Å². The number of halogens is 1. The number of hydrogen-bond donors (Lipinski definition) is 1. The monoisotopic (exact) mass is 317 g/mol. The van der Waals surface area contributed by atoms with Crippen LogP contribution in [0.2, 0.25) is 5.02 Å². The van der Waals surface area contributed by atoms with Crippen molar-refractivity contribution >= 4 is 17.4 Å². The van der Waals surface area contributed by atoms with E-state index in [-0.39, 0.29) is 6.10 Å². The highest BCUT2D eigenvalue weighted by molar-refractivity contribution is 6.30. The highest BCUT2D eigenvalue weighted by atomic mass is 35.5. The van der Waals surface area contributed by atoms with Crippen LogP contribution in [-0.2, 0) is 4.74 Å². The van der Waals surface area contributed by atoms with Crippen molar-refractivity contribution in [3.05, 3.63) is 40.4 Å². The molecule has 1 aromatic heterocycles. The number of nitrogens with one attached hydrogen (secondary N) is 1. The van der Waals surface area contributed by atoms with Gasteiger partial charge in [0.2, 0.25) is 0 Å². The summed E-state index contributed by atoms with van der Waals surface area (Å²) in [6.07, 6.45) is 2.55. The lowest BCUT2D eigenvalue weighted by Gasteiger charge is -2.15. The van der Waals surface area contributed by atoms with Crippen molar-refractivity contribution in [2.75, 3.05) is 18.5 Å². The van der Waals surface area contributed by atoms with E-state index in [9.17, 15) is 0 Å². The summed E-state index contributed by atoms with van der Waals surface area (Å²) in [5.41, 5.74) is 4.19. The van der Waals surface area contributed by atoms with Gasteiger partial charge in [0.1, 0.15) is 0 Å². The van der Waals surface area contributed by atoms with Crippen LogP contribution in [0.3, 0.4) is 0 Å². The third kappa shape index (κ3) is 3.23. The van der Waals surface area contributed by atoms with Crippen LogP contribution < -0.4 is 5.32 Å². The van der Waals surface area contributed by atoms with Crippen LogP contribution in [0.4, 0.5) is 5.82 Å². The molecule has 0 bridgehead atoms. The van der Waals surface area contributed by atoms with Gasteiger partial charge in [0.25, 0.3) is 0 Å². The minimum absolute atomic E-state index is 0.289. The maximum atomic E-state index is 5.94. The van der Waals surface area contributed by atoms with Gasteiger partial charge in [-0.3, -0.25) is 0 Å². The highest BCUT2D eigenvalue weighted by Gasteiger charge is 2.17. The van der Waals surface area contributed by atoms with Gasteiger partial charge in [0.05, 0.1) is 11.8 Å². The third-order valence-corrected chi connectivity index (χ3v) is 4.41. The Hall–Kier alpha value is -1.65. The predicted molar refractivity (Wildman–Crippen MR) is 89.4 cm³/mol. The van der Waals surface area contributed by atoms with E-state index in [0.29, 0.717) is 0 Å². The van der Waals surface area contributed by atoms with Gasteiger partial charge in [-0.05, 0) is 49.9 Å². The van der Waals surface area contributed by atoms with Gasteiger partial charge in [-0.1, -0.05) is 23.7 Å². The molecule has 3 rings (SSSR count). The first-order chi connectivity index (χ1) is 10.6. The first-order valence-corrected chi connectivity index (χ1v) is 7.98. The lowest BCUT2D eigenvalue weighted by molar-refractivity contribution is 0.120. The first kappa shape index (κ1) is 15.3. The molecule has 5 heteroatoms. The highest BCUT2D eigenvalue weighted by Crippen LogP contribution is 2.27. The van der Waals surface area contributed by atoms with E-state index in [4.69, 9.17) is 16.3 Å². The molecule has 0 aliphatic carbocycles. The number of ether oxygens (including phenoxy) is 1. The summed E-state index contributed by atoms with van der Waals surface area (Å²) in [5, 5.41) is 12.8. The summed E-state index contributed by atoms with van der Waals surface area (Å²) in [6, 6.07) is 7.68. The Kier molecular flexibility index (Phi) is 4.60. The maximum Gasteiger partial charge on any atom is 0.151 e. The van der Waals surface area contributed by atoms with Crippen LogP contribution in [0, 0.1) is 13.8 Å². The largest absolute Gasteiger partial charge is 0.376 e. The van der Waals surface area contributed by atoms with Gasteiger partial charge < -0.3 is 10.1 Å². The number of aromatic nitrogens is 2. The number of nitrogens with zero attached hydrogens (tertiary/aromatic N) is 2. The molecule has 0 saturated carbocycles. The minimum Gasteiger partial charge on any atom is -0.376 e. The quantitative estimate of drug-likeness (QED) is 0.925. The van der Waals surface area contributed by atoms with Crippen molar-refractivity contribution in [1.29, 1.82) is 0 Å². The van der Waals surface area contributed by atoms with Gasteiger partial charge in [0.15, 0.2) is 5.82 Å². The predicted octanol–water partition coefficient (Wildman–Crippen LogP) is 4.00. The van der Waals surface area contributed by atoms with E-state index in [1.165, 1.54) is 0 Å². The molecule has 1 aromatic carbocycles. The van der Waals surface area contributed by atoms with Gasteiger partial charge in [-0.15, -0.1) is 10.2 Å². The van der Waals surface area contributed by atoms with Crippen molar-refractivity contribution in [2.24, 2.45) is 0 Å². The summed E-state index contributed by atoms with van der Waals surface area (Å²) in [7, 11) is 0. The molecule has 2 aromatic rings. The first-order valence-electron chi connectivity index (χ1n) is 7.60. The smallest absolute Gasteiger partial charge is 0.151 e. The fraction of sp³-hybridized carbons (Fsp3) is 0.412. The SMILES string of the molecule is Cc1c(NCC2CCCO2)nnc(-c2ccc(Cl)cc2)c1C. The Balaban J connectivity index is 1.79. The molecule has 116 valence electrons. The molecule has 1 fully saturated rings. The van der Waals surface area contributed by atoms with Crippen molar-refractivity contribution in [2.45, 2.75) is 32.8 Å². The van der Waals surface area contributed by atoms with Crippen LogP contribution in [-0.4, -0.2) is 29.5 Å². The lowest BCUT2D eigenvalue weighted by atomic mass is 10.0. The standard InChI is InChI=1S/C17H20ClN3O/c1-11-12(2)17(19-10-15-4-3-9-22-15)21-20-16(11)13-5-7-14(18)8-6-13/h5-8,15H,3-4,9-10H2,1-2H3,(H,19,21). The van der Waals surface area contributed by atoms with Gasteiger partial charge >= 0.3 is 0 Å². The van der Waals surface area contributed by atoms with E-state index in [1.54, 1.807) is 0 Å². The molecule has 22 heavy (non-hydrogen) atoms. The van der Waals surface area contributed by atoms with Crippen molar-refractivity contribution in [3.8, 4) is 11.3 Å². The molecule has 0 spiro atoms. The second kappa shape index (κ2) is 6.63. The second-order valence-corrected chi connectivity index (χ2v) is 6.11. The lowest BCUT2D eigenvalue weighted by Crippen LogP contribution is -2.20. The molecule has 0 radical (unpaired) electrons. The molecule has 1 atom stereocenters. The fourth-order valence-corrected chi connectivity index (χ4v) is 2.80. The normalized spacial score (nSPS) is 17.7. The molecule has 0 amide bonds. The van der Waals surface area contributed by atoms with Crippen LogP contribution in [0.25, 0.3) is 11.3 Å². The van der Waals surface area contributed by atoms with E-state index in [1.807, 2.05) is 24.3 Å². The Morgan fingerprint density at radius 3 is 2.64 bits per heavy atom. The van der Waals surface area contributed by atoms with E-state index in [2.05, 4.69) is 29.4 Å². The van der Waals surface area contributed by atoms with E-state index in [0.717, 1.165) is 59.2 Å². The number of rotatable bonds is 4. The summed E-state index contributed by atoms with van der Waals surface area (Å²) < 4.78 is 5.63. The zero-order valence-corrected chi connectivity index (χ0v) is 13.7. The Morgan fingerprint density at radius 1 is 1.18 bits per heavy atom. The molecule has 1 saturated heterocycles. The zero-order chi connectivity index (χ0) is 15.5. The van der Waals surface area contributed by atoms with Gasteiger partial charge in [-0.2, -0.15) is 0 Å². The number of hydrogen-bond acceptors (Lipinski definition) is 4.